The highest BCUT2D eigenvalue weighted by molar-refractivity contribution is 4.79. The number of rotatable bonds is 6. The molecule has 0 aromatic rings. The van der Waals surface area contributed by atoms with Crippen LogP contribution in [0.4, 0.5) is 0 Å². The van der Waals surface area contributed by atoms with E-state index in [4.69, 9.17) is 10.5 Å². The summed E-state index contributed by atoms with van der Waals surface area (Å²) in [6, 6.07) is 0. The van der Waals surface area contributed by atoms with Crippen LogP contribution in [0.15, 0.2) is 0 Å². The smallest absolute Gasteiger partial charge is 0.0753 e. The van der Waals surface area contributed by atoms with Gasteiger partial charge in [-0.1, -0.05) is 13.8 Å². The van der Waals surface area contributed by atoms with Gasteiger partial charge in [0.05, 0.1) is 12.2 Å². The first-order valence-corrected chi connectivity index (χ1v) is 6.99. The minimum atomic E-state index is 0.0223. The van der Waals surface area contributed by atoms with Crippen molar-refractivity contribution in [2.75, 3.05) is 32.8 Å². The fourth-order valence-electron chi connectivity index (χ4n) is 2.67. The predicted molar refractivity (Wildman–Crippen MR) is 73.1 cm³/mol. The average Bonchev–Trinajstić information content (AvgIpc) is 2.22. The molecule has 1 atom stereocenters. The third-order valence-corrected chi connectivity index (χ3v) is 3.50. The van der Waals surface area contributed by atoms with Gasteiger partial charge in [0.1, 0.15) is 0 Å². The number of nitrogens with two attached hydrogens (primary N) is 1. The Morgan fingerprint density at radius 1 is 1.35 bits per heavy atom. The monoisotopic (exact) mass is 242 g/mol. The molecule has 0 aromatic heterocycles. The maximum atomic E-state index is 5.85. The van der Waals surface area contributed by atoms with Crippen LogP contribution in [0.25, 0.3) is 0 Å². The molecule has 1 aliphatic rings. The van der Waals surface area contributed by atoms with Gasteiger partial charge in [0.25, 0.3) is 0 Å². The van der Waals surface area contributed by atoms with Crippen LogP contribution in [0, 0.1) is 11.8 Å². The van der Waals surface area contributed by atoms with Crippen molar-refractivity contribution in [3.05, 3.63) is 0 Å². The standard InChI is InChI=1S/C14H30N2O/c1-12(2)9-13(10-15)5-6-16-7-8-17-14(3,4)11-16/h12-13H,5-11,15H2,1-4H3. The van der Waals surface area contributed by atoms with Crippen molar-refractivity contribution >= 4 is 0 Å². The molecule has 3 heteroatoms. The van der Waals surface area contributed by atoms with Crippen LogP contribution in [0.2, 0.25) is 0 Å². The molecule has 0 bridgehead atoms. The average molecular weight is 242 g/mol. The van der Waals surface area contributed by atoms with Crippen LogP contribution in [0.3, 0.4) is 0 Å². The fourth-order valence-corrected chi connectivity index (χ4v) is 2.67. The van der Waals surface area contributed by atoms with E-state index in [1.165, 1.54) is 19.4 Å². The number of morpholine rings is 1. The van der Waals surface area contributed by atoms with Crippen molar-refractivity contribution < 1.29 is 4.74 Å². The zero-order valence-corrected chi connectivity index (χ0v) is 12.0. The largest absolute Gasteiger partial charge is 0.373 e. The minimum absolute atomic E-state index is 0.0223. The van der Waals surface area contributed by atoms with E-state index in [0.29, 0.717) is 5.92 Å². The third kappa shape index (κ3) is 5.84. The van der Waals surface area contributed by atoms with E-state index >= 15 is 0 Å². The SMILES string of the molecule is CC(C)CC(CN)CCN1CCOC(C)(C)C1. The molecule has 0 aliphatic carbocycles. The summed E-state index contributed by atoms with van der Waals surface area (Å²) in [4.78, 5) is 2.52. The Morgan fingerprint density at radius 2 is 2.06 bits per heavy atom. The second-order valence-electron chi connectivity index (χ2n) is 6.40. The molecule has 3 nitrogen and oxygen atoms in total. The molecule has 0 amide bonds. The summed E-state index contributed by atoms with van der Waals surface area (Å²) in [6.07, 6.45) is 2.48. The van der Waals surface area contributed by atoms with Crippen molar-refractivity contribution in [3.63, 3.8) is 0 Å². The Kier molecular flexibility index (Phi) is 5.90. The van der Waals surface area contributed by atoms with Gasteiger partial charge < -0.3 is 10.5 Å². The zero-order valence-electron chi connectivity index (χ0n) is 12.0. The zero-order chi connectivity index (χ0) is 12.9. The fraction of sp³-hybridized carbons (Fsp3) is 1.00. The lowest BCUT2D eigenvalue weighted by Crippen LogP contribution is -2.48. The number of hydrogen-bond acceptors (Lipinski definition) is 3. The van der Waals surface area contributed by atoms with E-state index in [0.717, 1.165) is 32.2 Å². The highest BCUT2D eigenvalue weighted by atomic mass is 16.5. The second kappa shape index (κ2) is 6.72. The molecule has 1 rings (SSSR count). The summed E-state index contributed by atoms with van der Waals surface area (Å²) >= 11 is 0. The topological polar surface area (TPSA) is 38.5 Å². The quantitative estimate of drug-likeness (QED) is 0.775. The Morgan fingerprint density at radius 3 is 2.59 bits per heavy atom. The molecule has 0 spiro atoms. The molecule has 102 valence electrons. The summed E-state index contributed by atoms with van der Waals surface area (Å²) in [5.41, 5.74) is 5.87. The lowest BCUT2D eigenvalue weighted by atomic mass is 9.94. The Balaban J connectivity index is 2.28. The second-order valence-corrected chi connectivity index (χ2v) is 6.40. The lowest BCUT2D eigenvalue weighted by molar-refractivity contribution is -0.0868. The molecule has 0 aromatic carbocycles. The number of nitrogens with zero attached hydrogens (tertiary/aromatic N) is 1. The van der Waals surface area contributed by atoms with Crippen molar-refractivity contribution in [1.82, 2.24) is 4.90 Å². The van der Waals surface area contributed by atoms with Gasteiger partial charge in [0, 0.05) is 13.1 Å². The van der Waals surface area contributed by atoms with Crippen LogP contribution in [0.5, 0.6) is 0 Å². The van der Waals surface area contributed by atoms with Crippen LogP contribution < -0.4 is 5.73 Å². The summed E-state index contributed by atoms with van der Waals surface area (Å²) in [5.74, 6) is 1.44. The summed E-state index contributed by atoms with van der Waals surface area (Å²) in [6.45, 7) is 13.9. The Hall–Kier alpha value is -0.120. The first-order valence-electron chi connectivity index (χ1n) is 6.99. The van der Waals surface area contributed by atoms with Gasteiger partial charge in [-0.2, -0.15) is 0 Å². The maximum Gasteiger partial charge on any atom is 0.0753 e. The number of hydrogen-bond donors (Lipinski definition) is 1. The molecule has 1 aliphatic heterocycles. The van der Waals surface area contributed by atoms with Gasteiger partial charge in [-0.05, 0) is 51.6 Å². The highest BCUT2D eigenvalue weighted by Gasteiger charge is 2.27. The molecule has 1 saturated heterocycles. The first kappa shape index (κ1) is 14.9. The predicted octanol–water partition coefficient (Wildman–Crippen LogP) is 2.11. The van der Waals surface area contributed by atoms with E-state index in [9.17, 15) is 0 Å². The van der Waals surface area contributed by atoms with E-state index in [-0.39, 0.29) is 5.60 Å². The molecule has 0 saturated carbocycles. The minimum Gasteiger partial charge on any atom is -0.373 e. The molecular weight excluding hydrogens is 212 g/mol. The van der Waals surface area contributed by atoms with E-state index in [1.54, 1.807) is 0 Å². The van der Waals surface area contributed by atoms with Gasteiger partial charge in [-0.15, -0.1) is 0 Å². The van der Waals surface area contributed by atoms with Crippen LogP contribution >= 0.6 is 0 Å². The van der Waals surface area contributed by atoms with Gasteiger partial charge >= 0.3 is 0 Å². The van der Waals surface area contributed by atoms with Gasteiger partial charge in [0.2, 0.25) is 0 Å². The molecule has 1 heterocycles. The van der Waals surface area contributed by atoms with Crippen LogP contribution in [0.1, 0.15) is 40.5 Å². The molecule has 1 unspecified atom stereocenters. The van der Waals surface area contributed by atoms with Gasteiger partial charge in [0.15, 0.2) is 0 Å². The van der Waals surface area contributed by atoms with Gasteiger partial charge in [-0.3, -0.25) is 4.90 Å². The van der Waals surface area contributed by atoms with Crippen molar-refractivity contribution in [1.29, 1.82) is 0 Å². The van der Waals surface area contributed by atoms with Crippen molar-refractivity contribution in [2.45, 2.75) is 46.1 Å². The van der Waals surface area contributed by atoms with Crippen LogP contribution in [-0.2, 0) is 4.74 Å². The van der Waals surface area contributed by atoms with E-state index in [1.807, 2.05) is 0 Å². The molecule has 17 heavy (non-hydrogen) atoms. The van der Waals surface area contributed by atoms with Crippen molar-refractivity contribution in [3.8, 4) is 0 Å². The molecule has 1 fully saturated rings. The van der Waals surface area contributed by atoms with E-state index in [2.05, 4.69) is 32.6 Å². The van der Waals surface area contributed by atoms with Gasteiger partial charge in [-0.25, -0.2) is 0 Å². The van der Waals surface area contributed by atoms with Crippen molar-refractivity contribution in [2.24, 2.45) is 17.6 Å². The molecular formula is C14H30N2O. The van der Waals surface area contributed by atoms with Crippen LogP contribution in [-0.4, -0.2) is 43.3 Å². The normalized spacial score (nSPS) is 22.9. The Bertz CT molecular complexity index is 216. The summed E-state index contributed by atoms with van der Waals surface area (Å²) < 4.78 is 5.73. The maximum absolute atomic E-state index is 5.85. The third-order valence-electron chi connectivity index (χ3n) is 3.50. The summed E-state index contributed by atoms with van der Waals surface area (Å²) in [7, 11) is 0. The summed E-state index contributed by atoms with van der Waals surface area (Å²) in [5, 5.41) is 0. The van der Waals surface area contributed by atoms with E-state index < -0.39 is 0 Å². The molecule has 0 radical (unpaired) electrons. The first-order chi connectivity index (χ1) is 7.93. The Labute approximate surface area is 107 Å². The highest BCUT2D eigenvalue weighted by Crippen LogP contribution is 2.19. The molecule has 2 N–H and O–H groups in total. The lowest BCUT2D eigenvalue weighted by Gasteiger charge is -2.38. The number of ether oxygens (including phenoxy) is 1.